The van der Waals surface area contributed by atoms with Crippen molar-refractivity contribution in [2.45, 2.75) is 19.8 Å². The van der Waals surface area contributed by atoms with Crippen LogP contribution in [0.5, 0.6) is 0 Å². The van der Waals surface area contributed by atoms with Crippen molar-refractivity contribution in [2.24, 2.45) is 5.92 Å². The maximum Gasteiger partial charge on any atom is 0.254 e. The van der Waals surface area contributed by atoms with E-state index in [1.54, 1.807) is 12.4 Å². The molecule has 0 spiro atoms. The van der Waals surface area contributed by atoms with E-state index in [9.17, 15) is 4.79 Å². The molecule has 1 aliphatic rings. The first kappa shape index (κ1) is 12.1. The Kier molecular flexibility index (Phi) is 4.14. The topological polar surface area (TPSA) is 61.0 Å². The van der Waals surface area contributed by atoms with Gasteiger partial charge in [-0.25, -0.2) is 0 Å². The molecule has 1 fully saturated rings. The number of H-pyrrole nitrogens is 1. The number of carbonyl (C=O) groups excluding carboxylic acids is 1. The van der Waals surface area contributed by atoms with Crippen LogP contribution in [0.1, 0.15) is 30.1 Å². The Morgan fingerprint density at radius 2 is 2.35 bits per heavy atom. The Morgan fingerprint density at radius 3 is 2.94 bits per heavy atom. The minimum absolute atomic E-state index is 0.0309. The second-order valence-electron chi connectivity index (χ2n) is 4.57. The predicted octanol–water partition coefficient (Wildman–Crippen LogP) is 0.871. The van der Waals surface area contributed by atoms with Gasteiger partial charge in [-0.2, -0.15) is 5.10 Å². The predicted molar refractivity (Wildman–Crippen MR) is 65.8 cm³/mol. The van der Waals surface area contributed by atoms with Crippen molar-refractivity contribution in [1.82, 2.24) is 20.4 Å². The van der Waals surface area contributed by atoms with Crippen molar-refractivity contribution >= 4 is 5.91 Å². The van der Waals surface area contributed by atoms with Crippen LogP contribution in [-0.4, -0.2) is 47.2 Å². The zero-order chi connectivity index (χ0) is 12.1. The van der Waals surface area contributed by atoms with E-state index in [4.69, 9.17) is 0 Å². The lowest BCUT2D eigenvalue weighted by atomic mass is 9.97. The number of carbonyl (C=O) groups is 1. The average Bonchev–Trinajstić information content (AvgIpc) is 2.90. The van der Waals surface area contributed by atoms with Crippen molar-refractivity contribution in [1.29, 1.82) is 0 Å². The third-order valence-electron chi connectivity index (χ3n) is 3.47. The van der Waals surface area contributed by atoms with Crippen LogP contribution in [0.4, 0.5) is 0 Å². The van der Waals surface area contributed by atoms with Crippen LogP contribution in [0, 0.1) is 5.92 Å². The summed E-state index contributed by atoms with van der Waals surface area (Å²) < 4.78 is 0. The van der Waals surface area contributed by atoms with Crippen LogP contribution in [0.15, 0.2) is 12.4 Å². The van der Waals surface area contributed by atoms with E-state index in [2.05, 4.69) is 27.3 Å². The van der Waals surface area contributed by atoms with E-state index < -0.39 is 0 Å². The molecule has 0 atom stereocenters. The zero-order valence-corrected chi connectivity index (χ0v) is 10.3. The molecule has 0 unspecified atom stereocenters. The monoisotopic (exact) mass is 236 g/mol. The standard InChI is InChI=1S/C12H20N4O/c1-2-16-5-3-10(4-6-16)7-13-12(17)11-8-14-15-9-11/h8-10H,2-7H2,1H3,(H,13,17)(H,14,15). The molecule has 0 aromatic carbocycles. The maximum absolute atomic E-state index is 11.7. The molecular weight excluding hydrogens is 216 g/mol. The van der Waals surface area contributed by atoms with Gasteiger partial charge in [0.15, 0.2) is 0 Å². The van der Waals surface area contributed by atoms with Gasteiger partial charge in [-0.1, -0.05) is 6.92 Å². The molecule has 1 aromatic rings. The van der Waals surface area contributed by atoms with Gasteiger partial charge < -0.3 is 10.2 Å². The molecule has 0 radical (unpaired) electrons. The van der Waals surface area contributed by atoms with Crippen molar-refractivity contribution in [3.63, 3.8) is 0 Å². The molecule has 1 amide bonds. The molecule has 1 aliphatic heterocycles. The number of nitrogens with zero attached hydrogens (tertiary/aromatic N) is 2. The molecule has 0 aliphatic carbocycles. The number of hydrogen-bond acceptors (Lipinski definition) is 3. The van der Waals surface area contributed by atoms with E-state index in [1.165, 1.54) is 12.8 Å². The van der Waals surface area contributed by atoms with Crippen molar-refractivity contribution in [3.05, 3.63) is 18.0 Å². The Bertz CT molecular complexity index is 341. The molecule has 17 heavy (non-hydrogen) atoms. The average molecular weight is 236 g/mol. The summed E-state index contributed by atoms with van der Waals surface area (Å²) in [5.74, 6) is 0.588. The lowest BCUT2D eigenvalue weighted by Gasteiger charge is -2.30. The highest BCUT2D eigenvalue weighted by atomic mass is 16.1. The molecule has 5 heteroatoms. The molecule has 1 aromatic heterocycles. The Hall–Kier alpha value is -1.36. The van der Waals surface area contributed by atoms with Gasteiger partial charge in [0.05, 0.1) is 11.8 Å². The second-order valence-corrected chi connectivity index (χ2v) is 4.57. The molecule has 94 valence electrons. The van der Waals surface area contributed by atoms with Gasteiger partial charge in [0.2, 0.25) is 0 Å². The third-order valence-corrected chi connectivity index (χ3v) is 3.47. The minimum atomic E-state index is -0.0309. The van der Waals surface area contributed by atoms with E-state index in [0.717, 1.165) is 26.2 Å². The van der Waals surface area contributed by atoms with Crippen molar-refractivity contribution < 1.29 is 4.79 Å². The second kappa shape index (κ2) is 5.82. The summed E-state index contributed by atoms with van der Waals surface area (Å²) in [6, 6.07) is 0. The summed E-state index contributed by atoms with van der Waals surface area (Å²) in [5, 5.41) is 9.38. The minimum Gasteiger partial charge on any atom is -0.352 e. The highest BCUT2D eigenvalue weighted by Gasteiger charge is 2.18. The van der Waals surface area contributed by atoms with Gasteiger partial charge in [0.25, 0.3) is 5.91 Å². The first-order valence-electron chi connectivity index (χ1n) is 6.29. The van der Waals surface area contributed by atoms with Crippen LogP contribution < -0.4 is 5.32 Å². The summed E-state index contributed by atoms with van der Waals surface area (Å²) in [4.78, 5) is 14.1. The summed E-state index contributed by atoms with van der Waals surface area (Å²) in [6.45, 7) is 6.42. The van der Waals surface area contributed by atoms with Crippen molar-refractivity contribution in [3.8, 4) is 0 Å². The Balaban J connectivity index is 1.71. The molecule has 1 saturated heterocycles. The molecular formula is C12H20N4O. The summed E-state index contributed by atoms with van der Waals surface area (Å²) in [7, 11) is 0. The number of piperidine rings is 1. The summed E-state index contributed by atoms with van der Waals surface area (Å²) >= 11 is 0. The fourth-order valence-corrected chi connectivity index (χ4v) is 2.22. The lowest BCUT2D eigenvalue weighted by Crippen LogP contribution is -2.38. The SMILES string of the molecule is CCN1CCC(CNC(=O)c2cn[nH]c2)CC1. The highest BCUT2D eigenvalue weighted by Crippen LogP contribution is 2.15. The van der Waals surface area contributed by atoms with Crippen LogP contribution in [0.3, 0.4) is 0 Å². The molecule has 2 rings (SSSR count). The normalized spacial score (nSPS) is 18.2. The lowest BCUT2D eigenvalue weighted by molar-refractivity contribution is 0.0937. The van der Waals surface area contributed by atoms with E-state index in [0.29, 0.717) is 11.5 Å². The number of likely N-dealkylation sites (tertiary alicyclic amines) is 1. The van der Waals surface area contributed by atoms with Gasteiger partial charge in [-0.05, 0) is 38.4 Å². The number of aromatic amines is 1. The highest BCUT2D eigenvalue weighted by molar-refractivity contribution is 5.93. The summed E-state index contributed by atoms with van der Waals surface area (Å²) in [5.41, 5.74) is 0.607. The van der Waals surface area contributed by atoms with Crippen LogP contribution >= 0.6 is 0 Å². The molecule has 5 nitrogen and oxygen atoms in total. The number of amides is 1. The quantitative estimate of drug-likeness (QED) is 0.815. The summed E-state index contributed by atoms with van der Waals surface area (Å²) in [6.07, 6.45) is 5.53. The fraction of sp³-hybridized carbons (Fsp3) is 0.667. The van der Waals surface area contributed by atoms with Crippen LogP contribution in [-0.2, 0) is 0 Å². The van der Waals surface area contributed by atoms with Gasteiger partial charge >= 0.3 is 0 Å². The number of rotatable bonds is 4. The largest absolute Gasteiger partial charge is 0.352 e. The Morgan fingerprint density at radius 1 is 1.59 bits per heavy atom. The van der Waals surface area contributed by atoms with Gasteiger partial charge in [0, 0.05) is 12.7 Å². The first-order chi connectivity index (χ1) is 8.29. The first-order valence-corrected chi connectivity index (χ1v) is 6.29. The maximum atomic E-state index is 11.7. The van der Waals surface area contributed by atoms with Gasteiger partial charge in [0.1, 0.15) is 0 Å². The van der Waals surface area contributed by atoms with E-state index >= 15 is 0 Å². The molecule has 0 saturated carbocycles. The number of hydrogen-bond donors (Lipinski definition) is 2. The van der Waals surface area contributed by atoms with E-state index in [1.807, 2.05) is 0 Å². The van der Waals surface area contributed by atoms with Crippen LogP contribution in [0.2, 0.25) is 0 Å². The fourth-order valence-electron chi connectivity index (χ4n) is 2.22. The van der Waals surface area contributed by atoms with Crippen LogP contribution in [0.25, 0.3) is 0 Å². The van der Waals surface area contributed by atoms with Crippen molar-refractivity contribution in [2.75, 3.05) is 26.2 Å². The zero-order valence-electron chi connectivity index (χ0n) is 10.3. The van der Waals surface area contributed by atoms with E-state index in [-0.39, 0.29) is 5.91 Å². The third kappa shape index (κ3) is 3.30. The van der Waals surface area contributed by atoms with Gasteiger partial charge in [-0.15, -0.1) is 0 Å². The van der Waals surface area contributed by atoms with Gasteiger partial charge in [-0.3, -0.25) is 9.89 Å². The smallest absolute Gasteiger partial charge is 0.254 e. The molecule has 0 bridgehead atoms. The molecule has 2 heterocycles. The Labute approximate surface area is 102 Å². The molecule has 2 N–H and O–H groups in total. The number of aromatic nitrogens is 2. The number of nitrogens with one attached hydrogen (secondary N) is 2.